The number of esters is 1. The fourth-order valence-corrected chi connectivity index (χ4v) is 3.99. The molecule has 2 heterocycles. The van der Waals surface area contributed by atoms with Crippen molar-refractivity contribution in [3.63, 3.8) is 0 Å². The van der Waals surface area contributed by atoms with Crippen LogP contribution in [-0.4, -0.2) is 51.3 Å². The van der Waals surface area contributed by atoms with Crippen molar-refractivity contribution in [2.75, 3.05) is 13.7 Å². The summed E-state index contributed by atoms with van der Waals surface area (Å²) in [5.74, 6) is 0.285. The molecule has 4 rings (SSSR count). The van der Waals surface area contributed by atoms with Crippen molar-refractivity contribution in [2.45, 2.75) is 32.7 Å². The van der Waals surface area contributed by atoms with Crippen LogP contribution in [0.1, 0.15) is 25.8 Å². The number of tetrazole rings is 1. The van der Waals surface area contributed by atoms with Crippen molar-refractivity contribution < 1.29 is 9.53 Å². The Kier molecular flexibility index (Phi) is 6.08. The third kappa shape index (κ3) is 4.20. The topological polar surface area (TPSA) is 96.0 Å². The smallest absolute Gasteiger partial charge is 0.337 e. The van der Waals surface area contributed by atoms with Gasteiger partial charge in [-0.3, -0.25) is 0 Å². The van der Waals surface area contributed by atoms with Gasteiger partial charge in [0.1, 0.15) is 0 Å². The number of carbonyl (C=O) groups excluding carboxylic acids is 1. The number of H-pyrrole nitrogens is 1. The second kappa shape index (κ2) is 9.09. The number of hydrazine groups is 1. The number of rotatable bonds is 7. The van der Waals surface area contributed by atoms with Crippen LogP contribution >= 0.6 is 0 Å². The molecule has 1 aromatic heterocycles. The highest BCUT2D eigenvalue weighted by Gasteiger charge is 2.32. The predicted octanol–water partition coefficient (Wildman–Crippen LogP) is 3.12. The van der Waals surface area contributed by atoms with Crippen molar-refractivity contribution in [1.29, 1.82) is 0 Å². The van der Waals surface area contributed by atoms with E-state index in [2.05, 4.69) is 62.2 Å². The summed E-state index contributed by atoms with van der Waals surface area (Å²) >= 11 is 0. The SMILES string of the molecule is CCCN1NC(C)C(C(=O)OC)=C1Cc1ccc(-c2ccccc2-c2nn[nH]n2)cc1. The number of methoxy groups -OCH3 is 1. The average Bonchev–Trinajstić information content (AvgIpc) is 3.43. The molecule has 1 unspecified atom stereocenters. The summed E-state index contributed by atoms with van der Waals surface area (Å²) in [6, 6.07) is 16.3. The van der Waals surface area contributed by atoms with Gasteiger partial charge in [0.25, 0.3) is 0 Å². The van der Waals surface area contributed by atoms with Gasteiger partial charge in [0.15, 0.2) is 0 Å². The lowest BCUT2D eigenvalue weighted by Gasteiger charge is -2.22. The molecular formula is C23H26N6O2. The van der Waals surface area contributed by atoms with Gasteiger partial charge >= 0.3 is 5.97 Å². The lowest BCUT2D eigenvalue weighted by atomic mass is 9.96. The van der Waals surface area contributed by atoms with E-state index in [0.717, 1.165) is 40.9 Å². The quantitative estimate of drug-likeness (QED) is 0.569. The highest BCUT2D eigenvalue weighted by molar-refractivity contribution is 5.91. The molecule has 8 nitrogen and oxygen atoms in total. The Balaban J connectivity index is 1.63. The third-order valence-corrected chi connectivity index (χ3v) is 5.42. The molecule has 0 bridgehead atoms. The van der Waals surface area contributed by atoms with Crippen LogP contribution < -0.4 is 5.43 Å². The molecule has 2 N–H and O–H groups in total. The summed E-state index contributed by atoms with van der Waals surface area (Å²) < 4.78 is 5.04. The Morgan fingerprint density at radius 2 is 1.87 bits per heavy atom. The maximum absolute atomic E-state index is 12.4. The third-order valence-electron chi connectivity index (χ3n) is 5.42. The molecule has 3 aromatic rings. The average molecular weight is 419 g/mol. The van der Waals surface area contributed by atoms with Crippen molar-refractivity contribution >= 4 is 5.97 Å². The maximum Gasteiger partial charge on any atom is 0.337 e. The van der Waals surface area contributed by atoms with E-state index in [4.69, 9.17) is 4.74 Å². The van der Waals surface area contributed by atoms with Gasteiger partial charge in [0, 0.05) is 24.2 Å². The number of ether oxygens (including phenoxy) is 1. The van der Waals surface area contributed by atoms with Crippen LogP contribution in [0, 0.1) is 0 Å². The lowest BCUT2D eigenvalue weighted by Crippen LogP contribution is -2.37. The molecule has 2 aromatic carbocycles. The number of carbonyl (C=O) groups is 1. The van der Waals surface area contributed by atoms with E-state index in [9.17, 15) is 4.79 Å². The van der Waals surface area contributed by atoms with Gasteiger partial charge < -0.3 is 9.75 Å². The van der Waals surface area contributed by atoms with E-state index in [0.29, 0.717) is 17.8 Å². The van der Waals surface area contributed by atoms with E-state index in [-0.39, 0.29) is 12.0 Å². The molecule has 1 atom stereocenters. The summed E-state index contributed by atoms with van der Waals surface area (Å²) in [6.07, 6.45) is 1.62. The highest BCUT2D eigenvalue weighted by Crippen LogP contribution is 2.31. The zero-order chi connectivity index (χ0) is 21.8. The first-order chi connectivity index (χ1) is 15.1. The number of aromatic nitrogens is 4. The van der Waals surface area contributed by atoms with E-state index >= 15 is 0 Å². The van der Waals surface area contributed by atoms with E-state index in [1.165, 1.54) is 7.11 Å². The largest absolute Gasteiger partial charge is 0.466 e. The second-order valence-corrected chi connectivity index (χ2v) is 7.51. The number of aromatic amines is 1. The van der Waals surface area contributed by atoms with Gasteiger partial charge in [-0.2, -0.15) is 5.21 Å². The van der Waals surface area contributed by atoms with Gasteiger partial charge in [-0.1, -0.05) is 55.5 Å². The standard InChI is InChI=1S/C23H26N6O2/c1-4-13-29-20(21(15(2)26-29)23(30)31-3)14-16-9-11-17(12-10-16)18-7-5-6-8-19(18)22-24-27-28-25-22/h5-12,15,26H,4,13-14H2,1-3H3,(H,24,25,27,28). The molecule has 8 heteroatoms. The molecule has 31 heavy (non-hydrogen) atoms. The van der Waals surface area contributed by atoms with Crippen LogP contribution in [0.25, 0.3) is 22.5 Å². The maximum atomic E-state index is 12.4. The van der Waals surface area contributed by atoms with Crippen LogP contribution in [-0.2, 0) is 16.0 Å². The van der Waals surface area contributed by atoms with Crippen LogP contribution in [0.5, 0.6) is 0 Å². The van der Waals surface area contributed by atoms with Crippen LogP contribution in [0.3, 0.4) is 0 Å². The van der Waals surface area contributed by atoms with Crippen LogP contribution in [0.15, 0.2) is 59.8 Å². The van der Waals surface area contributed by atoms with Crippen molar-refractivity contribution in [1.82, 2.24) is 31.1 Å². The van der Waals surface area contributed by atoms with Crippen LogP contribution in [0.2, 0.25) is 0 Å². The lowest BCUT2D eigenvalue weighted by molar-refractivity contribution is -0.136. The van der Waals surface area contributed by atoms with E-state index in [1.807, 2.05) is 31.2 Å². The summed E-state index contributed by atoms with van der Waals surface area (Å²) in [7, 11) is 1.43. The fourth-order valence-electron chi connectivity index (χ4n) is 3.99. The van der Waals surface area contributed by atoms with Crippen molar-refractivity contribution in [3.05, 3.63) is 65.4 Å². The van der Waals surface area contributed by atoms with E-state index in [1.54, 1.807) is 0 Å². The minimum Gasteiger partial charge on any atom is -0.466 e. The fraction of sp³-hybridized carbons (Fsp3) is 0.304. The van der Waals surface area contributed by atoms with Crippen molar-refractivity contribution in [3.8, 4) is 22.5 Å². The van der Waals surface area contributed by atoms with E-state index < -0.39 is 0 Å². The number of benzene rings is 2. The Morgan fingerprint density at radius 3 is 2.52 bits per heavy atom. The zero-order valence-electron chi connectivity index (χ0n) is 17.9. The minimum absolute atomic E-state index is 0.0740. The highest BCUT2D eigenvalue weighted by atomic mass is 16.5. The summed E-state index contributed by atoms with van der Waals surface area (Å²) in [5, 5.41) is 16.5. The summed E-state index contributed by atoms with van der Waals surface area (Å²) in [4.78, 5) is 12.4. The molecule has 0 fully saturated rings. The molecule has 0 amide bonds. The monoisotopic (exact) mass is 418 g/mol. The van der Waals surface area contributed by atoms with Gasteiger partial charge in [-0.15, -0.1) is 10.2 Å². The molecule has 160 valence electrons. The molecule has 0 aliphatic carbocycles. The number of hydrogen-bond acceptors (Lipinski definition) is 7. The Hall–Kier alpha value is -3.52. The summed E-state index contributed by atoms with van der Waals surface area (Å²) in [5.41, 5.74) is 9.20. The van der Waals surface area contributed by atoms with Gasteiger partial charge in [0.2, 0.25) is 5.82 Å². The molecule has 0 saturated carbocycles. The molecular weight excluding hydrogens is 392 g/mol. The van der Waals surface area contributed by atoms with Gasteiger partial charge in [-0.05, 0) is 35.2 Å². The Bertz CT molecular complexity index is 1080. The molecule has 0 radical (unpaired) electrons. The number of nitrogens with zero attached hydrogens (tertiary/aromatic N) is 4. The first-order valence-corrected chi connectivity index (χ1v) is 10.4. The zero-order valence-corrected chi connectivity index (χ0v) is 17.9. The predicted molar refractivity (Wildman–Crippen MR) is 117 cm³/mol. The first kappa shape index (κ1) is 20.7. The summed E-state index contributed by atoms with van der Waals surface area (Å²) in [6.45, 7) is 4.94. The molecule has 1 aliphatic heterocycles. The number of nitrogens with one attached hydrogen (secondary N) is 2. The second-order valence-electron chi connectivity index (χ2n) is 7.51. The Morgan fingerprint density at radius 1 is 1.13 bits per heavy atom. The van der Waals surface area contributed by atoms with Crippen molar-refractivity contribution in [2.24, 2.45) is 0 Å². The van der Waals surface area contributed by atoms with Crippen LogP contribution in [0.4, 0.5) is 0 Å². The normalized spacial score (nSPS) is 16.1. The minimum atomic E-state index is -0.278. The Labute approximate surface area is 181 Å². The van der Waals surface area contributed by atoms with Gasteiger partial charge in [-0.25, -0.2) is 10.2 Å². The number of hydrogen-bond donors (Lipinski definition) is 2. The van der Waals surface area contributed by atoms with Gasteiger partial charge in [0.05, 0.1) is 18.7 Å². The molecule has 1 aliphatic rings. The molecule has 0 spiro atoms. The molecule has 0 saturated heterocycles. The first-order valence-electron chi connectivity index (χ1n) is 10.4. The number of allylic oxidation sites excluding steroid dienone is 1.